The molecule has 2 aromatic carbocycles. The molecule has 128 valence electrons. The van der Waals surface area contributed by atoms with Crippen LogP contribution in [0.5, 0.6) is 11.5 Å². The quantitative estimate of drug-likeness (QED) is 0.662. The average molecular weight is 375 g/mol. The molecule has 3 aromatic rings. The van der Waals surface area contributed by atoms with Gasteiger partial charge in [0.2, 0.25) is 5.91 Å². The van der Waals surface area contributed by atoms with Gasteiger partial charge in [0, 0.05) is 16.7 Å². The predicted octanol–water partition coefficient (Wildman–Crippen LogP) is 4.62. The number of fused-ring (bicyclic) bond motifs is 1. The Kier molecular flexibility index (Phi) is 5.21. The summed E-state index contributed by atoms with van der Waals surface area (Å²) in [4.78, 5) is 16.5. The van der Waals surface area contributed by atoms with Crippen molar-refractivity contribution < 1.29 is 14.3 Å². The van der Waals surface area contributed by atoms with Gasteiger partial charge in [-0.3, -0.25) is 10.1 Å². The lowest BCUT2D eigenvalue weighted by Gasteiger charge is -2.07. The van der Waals surface area contributed by atoms with Crippen molar-refractivity contribution >= 4 is 50.3 Å². The molecule has 0 aliphatic rings. The lowest BCUT2D eigenvalue weighted by molar-refractivity contribution is -0.111. The zero-order valence-corrected chi connectivity index (χ0v) is 15.1. The fourth-order valence-electron chi connectivity index (χ4n) is 2.23. The van der Waals surface area contributed by atoms with Crippen LogP contribution >= 0.6 is 22.9 Å². The number of rotatable bonds is 5. The molecule has 1 aromatic heterocycles. The van der Waals surface area contributed by atoms with Crippen molar-refractivity contribution in [3.05, 3.63) is 53.1 Å². The molecule has 7 heteroatoms. The lowest BCUT2D eigenvalue weighted by Crippen LogP contribution is -2.07. The molecular weight excluding hydrogens is 360 g/mol. The van der Waals surface area contributed by atoms with Gasteiger partial charge < -0.3 is 9.47 Å². The standard InChI is InChI=1S/C18H15ClN2O3S/c1-23-13-5-7-15(24-2)11(9-13)3-8-17(22)21-18-20-14-6-4-12(19)10-16(14)25-18/h3-10H,1-2H3,(H,20,21,22)/b8-3+. The van der Waals surface area contributed by atoms with Crippen LogP contribution in [0.3, 0.4) is 0 Å². The highest BCUT2D eigenvalue weighted by Gasteiger charge is 2.07. The number of aromatic nitrogens is 1. The van der Waals surface area contributed by atoms with E-state index in [1.165, 1.54) is 17.4 Å². The summed E-state index contributed by atoms with van der Waals surface area (Å²) in [6.07, 6.45) is 3.09. The van der Waals surface area contributed by atoms with E-state index in [1.54, 1.807) is 44.6 Å². The predicted molar refractivity (Wildman–Crippen MR) is 102 cm³/mol. The second-order valence-electron chi connectivity index (χ2n) is 5.06. The van der Waals surface area contributed by atoms with Crippen LogP contribution in [0, 0.1) is 0 Å². The van der Waals surface area contributed by atoms with Gasteiger partial charge in [0.05, 0.1) is 24.4 Å². The van der Waals surface area contributed by atoms with Gasteiger partial charge >= 0.3 is 0 Å². The van der Waals surface area contributed by atoms with Crippen LogP contribution in [0.4, 0.5) is 5.13 Å². The molecule has 0 aliphatic heterocycles. The van der Waals surface area contributed by atoms with Crippen molar-refractivity contribution in [2.75, 3.05) is 19.5 Å². The summed E-state index contributed by atoms with van der Waals surface area (Å²) >= 11 is 7.33. The number of nitrogens with zero attached hydrogens (tertiary/aromatic N) is 1. The minimum Gasteiger partial charge on any atom is -0.497 e. The van der Waals surface area contributed by atoms with E-state index >= 15 is 0 Å². The van der Waals surface area contributed by atoms with Gasteiger partial charge in [0.25, 0.3) is 0 Å². The van der Waals surface area contributed by atoms with E-state index in [0.29, 0.717) is 21.7 Å². The van der Waals surface area contributed by atoms with Crippen LogP contribution in [-0.2, 0) is 4.79 Å². The summed E-state index contributed by atoms with van der Waals surface area (Å²) in [5, 5.41) is 3.91. The fraction of sp³-hybridized carbons (Fsp3) is 0.111. The minimum atomic E-state index is -0.282. The Bertz CT molecular complexity index is 953. The first kappa shape index (κ1) is 17.3. The molecule has 1 N–H and O–H groups in total. The third-order valence-corrected chi connectivity index (χ3v) is 4.60. The van der Waals surface area contributed by atoms with Crippen molar-refractivity contribution in [1.82, 2.24) is 4.98 Å². The molecule has 25 heavy (non-hydrogen) atoms. The molecule has 0 radical (unpaired) electrons. The highest BCUT2D eigenvalue weighted by molar-refractivity contribution is 7.22. The van der Waals surface area contributed by atoms with E-state index in [9.17, 15) is 4.79 Å². The highest BCUT2D eigenvalue weighted by atomic mass is 35.5. The second-order valence-corrected chi connectivity index (χ2v) is 6.53. The zero-order chi connectivity index (χ0) is 17.8. The summed E-state index contributed by atoms with van der Waals surface area (Å²) in [6, 6.07) is 10.8. The number of benzene rings is 2. The largest absolute Gasteiger partial charge is 0.497 e. The summed E-state index contributed by atoms with van der Waals surface area (Å²) in [5.41, 5.74) is 1.54. The molecule has 0 saturated heterocycles. The monoisotopic (exact) mass is 374 g/mol. The third kappa shape index (κ3) is 4.10. The number of hydrogen-bond acceptors (Lipinski definition) is 5. The van der Waals surface area contributed by atoms with Gasteiger partial charge in [-0.25, -0.2) is 4.98 Å². The highest BCUT2D eigenvalue weighted by Crippen LogP contribution is 2.28. The third-order valence-electron chi connectivity index (χ3n) is 3.43. The van der Waals surface area contributed by atoms with Crippen molar-refractivity contribution in [3.63, 3.8) is 0 Å². The Morgan fingerprint density at radius 1 is 1.20 bits per heavy atom. The van der Waals surface area contributed by atoms with E-state index in [2.05, 4.69) is 10.3 Å². The van der Waals surface area contributed by atoms with E-state index in [1.807, 2.05) is 12.1 Å². The number of thiazole rings is 1. The van der Waals surface area contributed by atoms with Crippen molar-refractivity contribution in [2.45, 2.75) is 0 Å². The Morgan fingerprint density at radius 2 is 2.04 bits per heavy atom. The van der Waals surface area contributed by atoms with Gasteiger partial charge in [0.15, 0.2) is 5.13 Å². The van der Waals surface area contributed by atoms with Gasteiger partial charge in [-0.1, -0.05) is 22.9 Å². The normalized spacial score (nSPS) is 11.0. The zero-order valence-electron chi connectivity index (χ0n) is 13.6. The minimum absolute atomic E-state index is 0.282. The Hall–Kier alpha value is -2.57. The van der Waals surface area contributed by atoms with Gasteiger partial charge in [0.1, 0.15) is 11.5 Å². The van der Waals surface area contributed by atoms with E-state index < -0.39 is 0 Å². The number of nitrogens with one attached hydrogen (secondary N) is 1. The molecule has 0 aliphatic carbocycles. The number of halogens is 1. The molecule has 0 saturated carbocycles. The average Bonchev–Trinajstić information content (AvgIpc) is 3.00. The van der Waals surface area contributed by atoms with Crippen LogP contribution in [0.1, 0.15) is 5.56 Å². The number of amides is 1. The van der Waals surface area contributed by atoms with Crippen molar-refractivity contribution in [2.24, 2.45) is 0 Å². The van der Waals surface area contributed by atoms with Crippen LogP contribution < -0.4 is 14.8 Å². The first-order valence-electron chi connectivity index (χ1n) is 7.36. The number of carbonyl (C=O) groups excluding carboxylic acids is 1. The molecule has 3 rings (SSSR count). The number of anilines is 1. The lowest BCUT2D eigenvalue weighted by atomic mass is 10.1. The SMILES string of the molecule is COc1ccc(OC)c(/C=C/C(=O)Nc2nc3ccc(Cl)cc3s2)c1. The number of carbonyl (C=O) groups is 1. The van der Waals surface area contributed by atoms with Crippen LogP contribution in [0.25, 0.3) is 16.3 Å². The molecular formula is C18H15ClN2O3S. The summed E-state index contributed by atoms with van der Waals surface area (Å²) < 4.78 is 11.4. The molecule has 0 spiro atoms. The van der Waals surface area contributed by atoms with Crippen LogP contribution in [0.2, 0.25) is 5.02 Å². The number of hydrogen-bond donors (Lipinski definition) is 1. The maximum absolute atomic E-state index is 12.2. The first-order chi connectivity index (χ1) is 12.1. The summed E-state index contributed by atoms with van der Waals surface area (Å²) in [6.45, 7) is 0. The molecule has 0 bridgehead atoms. The second kappa shape index (κ2) is 7.55. The topological polar surface area (TPSA) is 60.5 Å². The number of ether oxygens (including phenoxy) is 2. The van der Waals surface area contributed by atoms with Crippen molar-refractivity contribution in [1.29, 1.82) is 0 Å². The maximum Gasteiger partial charge on any atom is 0.250 e. The maximum atomic E-state index is 12.2. The molecule has 5 nitrogen and oxygen atoms in total. The van der Waals surface area contributed by atoms with Crippen molar-refractivity contribution in [3.8, 4) is 11.5 Å². The van der Waals surface area contributed by atoms with E-state index in [0.717, 1.165) is 15.8 Å². The number of methoxy groups -OCH3 is 2. The van der Waals surface area contributed by atoms with Gasteiger partial charge in [-0.2, -0.15) is 0 Å². The van der Waals surface area contributed by atoms with Gasteiger partial charge in [-0.15, -0.1) is 0 Å². The summed E-state index contributed by atoms with van der Waals surface area (Å²) in [5.74, 6) is 1.05. The molecule has 1 heterocycles. The smallest absolute Gasteiger partial charge is 0.250 e. The molecule has 1 amide bonds. The Balaban J connectivity index is 1.76. The molecule has 0 unspecified atom stereocenters. The van der Waals surface area contributed by atoms with Crippen LogP contribution in [0.15, 0.2) is 42.5 Å². The summed E-state index contributed by atoms with van der Waals surface area (Å²) in [7, 11) is 3.16. The van der Waals surface area contributed by atoms with E-state index in [4.69, 9.17) is 21.1 Å². The van der Waals surface area contributed by atoms with E-state index in [-0.39, 0.29) is 5.91 Å². The Morgan fingerprint density at radius 3 is 2.80 bits per heavy atom. The fourth-order valence-corrected chi connectivity index (χ4v) is 3.38. The molecule has 0 atom stereocenters. The van der Waals surface area contributed by atoms with Crippen LogP contribution in [-0.4, -0.2) is 25.1 Å². The Labute approximate surface area is 153 Å². The first-order valence-corrected chi connectivity index (χ1v) is 8.55. The molecule has 0 fully saturated rings. The van der Waals surface area contributed by atoms with Gasteiger partial charge in [-0.05, 0) is 42.5 Å².